The number of aliphatic hydroxyl groups excluding tert-OH is 3. The molecule has 4 heteroatoms. The second kappa shape index (κ2) is 4.93. The highest BCUT2D eigenvalue weighted by atomic mass is 16.3. The average Bonchev–Trinajstić information content (AvgIpc) is 2.54. The van der Waals surface area contributed by atoms with E-state index in [2.05, 4.69) is 20.4 Å². The maximum atomic E-state index is 13.1. The third-order valence-corrected chi connectivity index (χ3v) is 8.60. The van der Waals surface area contributed by atoms with Crippen molar-refractivity contribution in [1.29, 1.82) is 0 Å². The lowest BCUT2D eigenvalue weighted by atomic mass is 9.35. The zero-order valence-corrected chi connectivity index (χ0v) is 14.8. The standard InChI is InChI=1S/C20H30O4/c1-11-12-7-15-19(3)6-4-5-18(2,10-21)14(19)8-16(23)20(15,17(11)24)9-13(12)22/h12-16,21-23H,1,4-10H2,2-3H3/t12-,13+,14+,15-,16+,18+,19+,20+/m0/s1. The maximum Gasteiger partial charge on any atom is 0.167 e. The predicted molar refractivity (Wildman–Crippen MR) is 90.1 cm³/mol. The van der Waals surface area contributed by atoms with Crippen LogP contribution in [0.3, 0.4) is 0 Å². The minimum Gasteiger partial charge on any atom is -0.396 e. The van der Waals surface area contributed by atoms with Gasteiger partial charge in [-0.2, -0.15) is 0 Å². The molecule has 0 saturated heterocycles. The van der Waals surface area contributed by atoms with Crippen LogP contribution in [0.4, 0.5) is 0 Å². The Bertz CT molecular complexity index is 600. The molecule has 5 aliphatic rings. The molecule has 0 unspecified atom stereocenters. The Balaban J connectivity index is 1.84. The van der Waals surface area contributed by atoms with Crippen LogP contribution >= 0.6 is 0 Å². The van der Waals surface area contributed by atoms with Gasteiger partial charge >= 0.3 is 0 Å². The van der Waals surface area contributed by atoms with E-state index in [-0.39, 0.29) is 41.0 Å². The number of fused-ring (bicyclic) bond motifs is 3. The minimum atomic E-state index is -0.857. The maximum absolute atomic E-state index is 13.1. The third-order valence-electron chi connectivity index (χ3n) is 8.60. The molecule has 5 aliphatic carbocycles. The van der Waals surface area contributed by atoms with E-state index in [9.17, 15) is 20.1 Å². The van der Waals surface area contributed by atoms with Crippen LogP contribution in [0.1, 0.15) is 52.4 Å². The van der Waals surface area contributed by atoms with Gasteiger partial charge in [0.2, 0.25) is 0 Å². The van der Waals surface area contributed by atoms with Gasteiger partial charge in [-0.25, -0.2) is 0 Å². The fraction of sp³-hybridized carbons (Fsp3) is 0.850. The lowest BCUT2D eigenvalue weighted by Crippen LogP contribution is -2.70. The summed E-state index contributed by atoms with van der Waals surface area (Å²) in [5, 5.41) is 31.7. The molecule has 2 bridgehead atoms. The number of Topliss-reactive ketones (excluding diaryl/α,β-unsaturated/α-hetero) is 1. The first-order chi connectivity index (χ1) is 11.2. The number of hydrogen-bond donors (Lipinski definition) is 3. The van der Waals surface area contributed by atoms with E-state index in [1.165, 1.54) is 0 Å². The fourth-order valence-corrected chi connectivity index (χ4v) is 7.33. The van der Waals surface area contributed by atoms with Gasteiger partial charge in [-0.1, -0.05) is 26.8 Å². The zero-order valence-electron chi connectivity index (χ0n) is 14.8. The molecule has 5 saturated carbocycles. The molecule has 0 aromatic rings. The Labute approximate surface area is 144 Å². The number of carbonyl (C=O) groups excluding carboxylic acids is 1. The first-order valence-electron chi connectivity index (χ1n) is 9.41. The molecule has 0 radical (unpaired) electrons. The lowest BCUT2D eigenvalue weighted by Gasteiger charge is -2.69. The summed E-state index contributed by atoms with van der Waals surface area (Å²) >= 11 is 0. The Morgan fingerprint density at radius 3 is 2.54 bits per heavy atom. The molecule has 134 valence electrons. The smallest absolute Gasteiger partial charge is 0.167 e. The van der Waals surface area contributed by atoms with E-state index >= 15 is 0 Å². The molecule has 0 amide bonds. The molecule has 4 nitrogen and oxygen atoms in total. The van der Waals surface area contributed by atoms with Gasteiger partial charge in [-0.3, -0.25) is 4.79 Å². The lowest BCUT2D eigenvalue weighted by molar-refractivity contribution is -0.232. The highest BCUT2D eigenvalue weighted by Crippen LogP contribution is 2.70. The molecule has 5 fully saturated rings. The molecule has 0 aromatic heterocycles. The van der Waals surface area contributed by atoms with Crippen LogP contribution in [-0.4, -0.2) is 39.9 Å². The number of aliphatic hydroxyl groups is 3. The van der Waals surface area contributed by atoms with E-state index in [0.717, 1.165) is 25.7 Å². The van der Waals surface area contributed by atoms with Gasteiger partial charge in [0.05, 0.1) is 17.6 Å². The Kier molecular flexibility index (Phi) is 3.44. The van der Waals surface area contributed by atoms with Crippen molar-refractivity contribution < 1.29 is 20.1 Å². The number of ketones is 1. The quantitative estimate of drug-likeness (QED) is 0.642. The largest absolute Gasteiger partial charge is 0.396 e. The van der Waals surface area contributed by atoms with Crippen molar-refractivity contribution in [2.24, 2.45) is 34.0 Å². The third kappa shape index (κ3) is 1.72. The highest BCUT2D eigenvalue weighted by molar-refractivity contribution is 6.02. The van der Waals surface area contributed by atoms with E-state index in [1.807, 2.05) is 0 Å². The van der Waals surface area contributed by atoms with Gasteiger partial charge in [-0.15, -0.1) is 0 Å². The van der Waals surface area contributed by atoms with Gasteiger partial charge in [0.1, 0.15) is 0 Å². The van der Waals surface area contributed by atoms with Crippen LogP contribution in [0.25, 0.3) is 0 Å². The number of rotatable bonds is 1. The predicted octanol–water partition coefficient (Wildman–Crippen LogP) is 2.07. The molecule has 1 spiro atoms. The molecule has 3 N–H and O–H groups in total. The average molecular weight is 334 g/mol. The van der Waals surface area contributed by atoms with Crippen LogP contribution in [0.5, 0.6) is 0 Å². The summed E-state index contributed by atoms with van der Waals surface area (Å²) in [6, 6.07) is 0. The van der Waals surface area contributed by atoms with E-state index in [0.29, 0.717) is 18.4 Å². The molecule has 0 heterocycles. The Hall–Kier alpha value is -0.710. The number of hydrogen-bond acceptors (Lipinski definition) is 4. The second-order valence-corrected chi connectivity index (χ2v) is 9.54. The van der Waals surface area contributed by atoms with E-state index in [4.69, 9.17) is 0 Å². The molecule has 24 heavy (non-hydrogen) atoms. The SMILES string of the molecule is C=C1C(=O)[C@]23C[C@@H](O)[C@H]1C[C@H]2[C@]1(C)CCC[C@](C)(CO)[C@H]1C[C@H]3O. The molecule has 0 aromatic carbocycles. The minimum absolute atomic E-state index is 0.00231. The van der Waals surface area contributed by atoms with Crippen LogP contribution in [0.2, 0.25) is 0 Å². The van der Waals surface area contributed by atoms with Crippen molar-refractivity contribution in [3.63, 3.8) is 0 Å². The summed E-state index contributed by atoms with van der Waals surface area (Å²) in [4.78, 5) is 13.1. The normalized spacial score (nSPS) is 56.8. The molecule has 0 aliphatic heterocycles. The van der Waals surface area contributed by atoms with Crippen LogP contribution < -0.4 is 0 Å². The second-order valence-electron chi connectivity index (χ2n) is 9.54. The molecular formula is C20H30O4. The number of carbonyl (C=O) groups is 1. The van der Waals surface area contributed by atoms with Crippen molar-refractivity contribution >= 4 is 5.78 Å². The van der Waals surface area contributed by atoms with Crippen molar-refractivity contribution in [1.82, 2.24) is 0 Å². The summed E-state index contributed by atoms with van der Waals surface area (Å²) in [7, 11) is 0. The van der Waals surface area contributed by atoms with E-state index in [1.54, 1.807) is 0 Å². The summed E-state index contributed by atoms with van der Waals surface area (Å²) < 4.78 is 0. The van der Waals surface area contributed by atoms with Crippen LogP contribution in [-0.2, 0) is 4.79 Å². The first-order valence-corrected chi connectivity index (χ1v) is 9.41. The van der Waals surface area contributed by atoms with Gasteiger partial charge in [-0.05, 0) is 60.3 Å². The van der Waals surface area contributed by atoms with Crippen LogP contribution in [0.15, 0.2) is 12.2 Å². The van der Waals surface area contributed by atoms with Gasteiger partial charge < -0.3 is 15.3 Å². The first kappa shape index (κ1) is 16.7. The summed E-state index contributed by atoms with van der Waals surface area (Å²) in [6.45, 7) is 8.50. The summed E-state index contributed by atoms with van der Waals surface area (Å²) in [5.41, 5.74) is -0.592. The Morgan fingerprint density at radius 2 is 1.88 bits per heavy atom. The monoisotopic (exact) mass is 334 g/mol. The highest BCUT2D eigenvalue weighted by Gasteiger charge is 2.71. The van der Waals surface area contributed by atoms with Gasteiger partial charge in [0.15, 0.2) is 5.78 Å². The van der Waals surface area contributed by atoms with Gasteiger partial charge in [0, 0.05) is 12.5 Å². The topological polar surface area (TPSA) is 77.8 Å². The summed E-state index contributed by atoms with van der Waals surface area (Å²) in [6.07, 6.45) is 3.42. The zero-order chi connectivity index (χ0) is 17.5. The van der Waals surface area contributed by atoms with Crippen molar-refractivity contribution in [2.45, 2.75) is 64.6 Å². The van der Waals surface area contributed by atoms with Gasteiger partial charge in [0.25, 0.3) is 0 Å². The van der Waals surface area contributed by atoms with Crippen molar-refractivity contribution in [3.05, 3.63) is 12.2 Å². The van der Waals surface area contributed by atoms with Crippen molar-refractivity contribution in [3.8, 4) is 0 Å². The molecule has 8 atom stereocenters. The molecular weight excluding hydrogens is 304 g/mol. The summed E-state index contributed by atoms with van der Waals surface area (Å²) in [5.74, 6) is 0.134. The van der Waals surface area contributed by atoms with Crippen molar-refractivity contribution in [2.75, 3.05) is 6.61 Å². The molecule has 5 rings (SSSR count). The van der Waals surface area contributed by atoms with E-state index < -0.39 is 17.6 Å². The fourth-order valence-electron chi connectivity index (χ4n) is 7.33. The Morgan fingerprint density at radius 1 is 1.17 bits per heavy atom. The van der Waals surface area contributed by atoms with Crippen LogP contribution in [0, 0.1) is 34.0 Å².